The summed E-state index contributed by atoms with van der Waals surface area (Å²) in [6, 6.07) is 6.56. The molecule has 0 aliphatic carbocycles. The van der Waals surface area contributed by atoms with Gasteiger partial charge in [-0.05, 0) is 29.7 Å². The number of hydrogen-bond acceptors (Lipinski definition) is 1. The van der Waals surface area contributed by atoms with Gasteiger partial charge in [0.25, 0.3) is 0 Å². The third-order valence-electron chi connectivity index (χ3n) is 2.35. The zero-order valence-corrected chi connectivity index (χ0v) is 7.14. The molecule has 0 fully saturated rings. The van der Waals surface area contributed by atoms with Gasteiger partial charge in [-0.15, -0.1) is 0 Å². The van der Waals surface area contributed by atoms with Crippen molar-refractivity contribution in [1.82, 2.24) is 5.32 Å². The van der Waals surface area contributed by atoms with E-state index in [9.17, 15) is 0 Å². The summed E-state index contributed by atoms with van der Waals surface area (Å²) < 4.78 is 0. The third-order valence-corrected chi connectivity index (χ3v) is 2.35. The lowest BCUT2D eigenvalue weighted by Crippen LogP contribution is -2.23. The highest BCUT2D eigenvalue weighted by Crippen LogP contribution is 2.16. The molecule has 0 amide bonds. The Balaban J connectivity index is 2.42. The SMILES string of the molecule is C=Cc1ccc2c(c1)CCNC2. The zero-order chi connectivity index (χ0) is 8.39. The molecule has 12 heavy (non-hydrogen) atoms. The second-order valence-corrected chi connectivity index (χ2v) is 3.16. The van der Waals surface area contributed by atoms with E-state index in [1.54, 1.807) is 0 Å². The first-order valence-electron chi connectivity index (χ1n) is 4.35. The molecule has 0 bridgehead atoms. The van der Waals surface area contributed by atoms with Gasteiger partial charge in [0.15, 0.2) is 0 Å². The standard InChI is InChI=1S/C11H13N/c1-2-9-3-4-11-8-12-6-5-10(11)7-9/h2-4,7,12H,1,5-6,8H2. The van der Waals surface area contributed by atoms with Gasteiger partial charge in [-0.3, -0.25) is 0 Å². The highest BCUT2D eigenvalue weighted by atomic mass is 14.9. The van der Waals surface area contributed by atoms with Crippen molar-refractivity contribution in [3.8, 4) is 0 Å². The lowest BCUT2D eigenvalue weighted by molar-refractivity contribution is 0.643. The molecule has 62 valence electrons. The van der Waals surface area contributed by atoms with Gasteiger partial charge in [-0.2, -0.15) is 0 Å². The molecule has 0 saturated heterocycles. The fraction of sp³-hybridized carbons (Fsp3) is 0.273. The van der Waals surface area contributed by atoms with Gasteiger partial charge in [0.2, 0.25) is 0 Å². The van der Waals surface area contributed by atoms with Crippen molar-refractivity contribution >= 4 is 6.08 Å². The second kappa shape index (κ2) is 3.11. The minimum Gasteiger partial charge on any atom is -0.312 e. The fourth-order valence-electron chi connectivity index (χ4n) is 1.62. The van der Waals surface area contributed by atoms with Gasteiger partial charge >= 0.3 is 0 Å². The predicted molar refractivity (Wildman–Crippen MR) is 51.9 cm³/mol. The van der Waals surface area contributed by atoms with E-state index in [0.29, 0.717) is 0 Å². The summed E-state index contributed by atoms with van der Waals surface area (Å²) >= 11 is 0. The number of rotatable bonds is 1. The zero-order valence-electron chi connectivity index (χ0n) is 7.14. The molecule has 1 aromatic rings. The minimum absolute atomic E-state index is 1.02. The molecule has 1 aliphatic rings. The first-order valence-corrected chi connectivity index (χ1v) is 4.35. The van der Waals surface area contributed by atoms with Crippen molar-refractivity contribution < 1.29 is 0 Å². The van der Waals surface area contributed by atoms with E-state index in [4.69, 9.17) is 0 Å². The van der Waals surface area contributed by atoms with E-state index < -0.39 is 0 Å². The van der Waals surface area contributed by atoms with Crippen LogP contribution in [0, 0.1) is 0 Å². The van der Waals surface area contributed by atoms with Crippen molar-refractivity contribution in [2.75, 3.05) is 6.54 Å². The Hall–Kier alpha value is -1.08. The van der Waals surface area contributed by atoms with Crippen LogP contribution in [-0.4, -0.2) is 6.54 Å². The van der Waals surface area contributed by atoms with Gasteiger partial charge in [0, 0.05) is 6.54 Å². The lowest BCUT2D eigenvalue weighted by Gasteiger charge is -2.16. The molecule has 0 unspecified atom stereocenters. The van der Waals surface area contributed by atoms with Crippen LogP contribution in [-0.2, 0) is 13.0 Å². The Kier molecular flexibility index (Phi) is 1.96. The third kappa shape index (κ3) is 1.28. The summed E-state index contributed by atoms with van der Waals surface area (Å²) in [5.74, 6) is 0. The van der Waals surface area contributed by atoms with Gasteiger partial charge in [0.05, 0.1) is 0 Å². The van der Waals surface area contributed by atoms with E-state index in [1.165, 1.54) is 16.7 Å². The summed E-state index contributed by atoms with van der Waals surface area (Å²) in [6.45, 7) is 5.89. The van der Waals surface area contributed by atoms with Gasteiger partial charge < -0.3 is 5.32 Å². The van der Waals surface area contributed by atoms with Gasteiger partial charge in [0.1, 0.15) is 0 Å². The molecule has 1 heteroatoms. The van der Waals surface area contributed by atoms with Crippen LogP contribution in [0.3, 0.4) is 0 Å². The van der Waals surface area contributed by atoms with E-state index in [-0.39, 0.29) is 0 Å². The first-order chi connectivity index (χ1) is 5.90. The van der Waals surface area contributed by atoms with E-state index in [2.05, 4.69) is 30.1 Å². The molecule has 0 atom stereocenters. The lowest BCUT2D eigenvalue weighted by atomic mass is 9.98. The fourth-order valence-corrected chi connectivity index (χ4v) is 1.62. The summed E-state index contributed by atoms with van der Waals surface area (Å²) in [7, 11) is 0. The smallest absolute Gasteiger partial charge is 0.0208 e. The highest BCUT2D eigenvalue weighted by Gasteiger charge is 2.07. The van der Waals surface area contributed by atoms with Gasteiger partial charge in [-0.25, -0.2) is 0 Å². The van der Waals surface area contributed by atoms with Crippen LogP contribution in [0.5, 0.6) is 0 Å². The van der Waals surface area contributed by atoms with Crippen LogP contribution >= 0.6 is 0 Å². The van der Waals surface area contributed by atoms with Crippen molar-refractivity contribution in [2.45, 2.75) is 13.0 Å². The maximum atomic E-state index is 3.76. The van der Waals surface area contributed by atoms with Crippen molar-refractivity contribution in [3.63, 3.8) is 0 Å². The maximum absolute atomic E-state index is 3.76. The Bertz CT molecular complexity index is 302. The minimum atomic E-state index is 1.02. The van der Waals surface area contributed by atoms with Crippen LogP contribution in [0.2, 0.25) is 0 Å². The molecular formula is C11H13N. The molecular weight excluding hydrogens is 146 g/mol. The van der Waals surface area contributed by atoms with Crippen molar-refractivity contribution in [3.05, 3.63) is 41.5 Å². The molecule has 0 aromatic heterocycles. The van der Waals surface area contributed by atoms with Crippen molar-refractivity contribution in [1.29, 1.82) is 0 Å². The van der Waals surface area contributed by atoms with Crippen LogP contribution in [0.4, 0.5) is 0 Å². The normalized spacial score (nSPS) is 15.3. The molecule has 1 N–H and O–H groups in total. The van der Waals surface area contributed by atoms with Crippen LogP contribution in [0.1, 0.15) is 16.7 Å². The summed E-state index contributed by atoms with van der Waals surface area (Å²) in [6.07, 6.45) is 3.05. The summed E-state index contributed by atoms with van der Waals surface area (Å²) in [4.78, 5) is 0. The van der Waals surface area contributed by atoms with Crippen LogP contribution in [0.25, 0.3) is 6.08 Å². The Morgan fingerprint density at radius 1 is 1.33 bits per heavy atom. The Morgan fingerprint density at radius 2 is 2.25 bits per heavy atom. The van der Waals surface area contributed by atoms with E-state index in [1.807, 2.05) is 6.08 Å². The molecule has 0 radical (unpaired) electrons. The number of fused-ring (bicyclic) bond motifs is 1. The Labute approximate surface area is 73.1 Å². The molecule has 1 heterocycles. The average Bonchev–Trinajstić information content (AvgIpc) is 2.17. The molecule has 1 aliphatic heterocycles. The topological polar surface area (TPSA) is 12.0 Å². The average molecular weight is 159 g/mol. The van der Waals surface area contributed by atoms with Crippen LogP contribution in [0.15, 0.2) is 24.8 Å². The quantitative estimate of drug-likeness (QED) is 0.660. The van der Waals surface area contributed by atoms with E-state index in [0.717, 1.165) is 19.5 Å². The molecule has 2 rings (SSSR count). The highest BCUT2D eigenvalue weighted by molar-refractivity contribution is 5.50. The molecule has 0 spiro atoms. The first kappa shape index (κ1) is 7.56. The number of benzene rings is 1. The Morgan fingerprint density at radius 3 is 3.08 bits per heavy atom. The molecule has 0 saturated carbocycles. The predicted octanol–water partition coefficient (Wildman–Crippen LogP) is 1.98. The monoisotopic (exact) mass is 159 g/mol. The molecule has 1 nitrogen and oxygen atoms in total. The van der Waals surface area contributed by atoms with Crippen molar-refractivity contribution in [2.24, 2.45) is 0 Å². The number of nitrogens with one attached hydrogen (secondary N) is 1. The number of hydrogen-bond donors (Lipinski definition) is 1. The second-order valence-electron chi connectivity index (χ2n) is 3.16. The maximum Gasteiger partial charge on any atom is 0.0208 e. The van der Waals surface area contributed by atoms with Crippen LogP contribution < -0.4 is 5.32 Å². The van der Waals surface area contributed by atoms with Gasteiger partial charge in [-0.1, -0.05) is 30.9 Å². The molecule has 1 aromatic carbocycles. The summed E-state index contributed by atoms with van der Waals surface area (Å²) in [5, 5.41) is 3.35. The largest absolute Gasteiger partial charge is 0.312 e. The van der Waals surface area contributed by atoms with E-state index >= 15 is 0 Å². The summed E-state index contributed by atoms with van der Waals surface area (Å²) in [5.41, 5.74) is 4.15.